The molecule has 0 unspecified atom stereocenters. The van der Waals surface area contributed by atoms with Crippen LogP contribution in [0.5, 0.6) is 0 Å². The zero-order chi connectivity index (χ0) is 10.2. The Morgan fingerprint density at radius 2 is 1.69 bits per heavy atom. The van der Waals surface area contributed by atoms with Crippen LogP contribution in [0.1, 0.15) is 19.3 Å². The highest BCUT2D eigenvalue weighted by molar-refractivity contribution is 7.85. The molecular weight excluding hydrogens is 196 g/mol. The van der Waals surface area contributed by atoms with Gasteiger partial charge in [0.1, 0.15) is 0 Å². The van der Waals surface area contributed by atoms with Crippen LogP contribution in [0.25, 0.3) is 0 Å². The van der Waals surface area contributed by atoms with Crippen molar-refractivity contribution in [3.05, 3.63) is 0 Å². The molecular formula is C7H16O5S. The zero-order valence-electron chi connectivity index (χ0n) is 7.48. The molecule has 5 nitrogen and oxygen atoms in total. The number of ether oxygens (including phenoxy) is 1. The maximum absolute atomic E-state index is 10.2. The average molecular weight is 212 g/mol. The molecule has 0 aromatic rings. The molecule has 0 aliphatic heterocycles. The lowest BCUT2D eigenvalue weighted by atomic mass is 10.3. The molecule has 80 valence electrons. The van der Waals surface area contributed by atoms with Crippen LogP contribution in [-0.2, 0) is 14.9 Å². The molecule has 0 aliphatic rings. The maximum atomic E-state index is 10.2. The van der Waals surface area contributed by atoms with E-state index in [1.807, 2.05) is 0 Å². The minimum Gasteiger partial charge on any atom is -0.396 e. The van der Waals surface area contributed by atoms with Crippen LogP contribution in [0, 0.1) is 0 Å². The van der Waals surface area contributed by atoms with Gasteiger partial charge in [0.2, 0.25) is 0 Å². The third-order valence-corrected chi connectivity index (χ3v) is 2.19. The van der Waals surface area contributed by atoms with Gasteiger partial charge in [-0.3, -0.25) is 4.55 Å². The van der Waals surface area contributed by atoms with Gasteiger partial charge in [0.25, 0.3) is 10.1 Å². The predicted molar refractivity (Wildman–Crippen MR) is 48.2 cm³/mol. The van der Waals surface area contributed by atoms with E-state index in [2.05, 4.69) is 0 Å². The summed E-state index contributed by atoms with van der Waals surface area (Å²) in [6.45, 7) is 1.06. The van der Waals surface area contributed by atoms with Gasteiger partial charge >= 0.3 is 0 Å². The molecule has 0 heterocycles. The highest BCUT2D eigenvalue weighted by atomic mass is 32.2. The van der Waals surface area contributed by atoms with E-state index in [1.165, 1.54) is 0 Å². The quantitative estimate of drug-likeness (QED) is 0.439. The Balaban J connectivity index is 3.09. The van der Waals surface area contributed by atoms with Gasteiger partial charge in [-0.05, 0) is 19.3 Å². The van der Waals surface area contributed by atoms with E-state index in [4.69, 9.17) is 14.4 Å². The van der Waals surface area contributed by atoms with Crippen molar-refractivity contribution in [2.45, 2.75) is 19.3 Å². The molecule has 6 heteroatoms. The summed E-state index contributed by atoms with van der Waals surface area (Å²) in [4.78, 5) is 0. The van der Waals surface area contributed by atoms with Crippen LogP contribution < -0.4 is 0 Å². The summed E-state index contributed by atoms with van der Waals surface area (Å²) < 4.78 is 33.9. The molecule has 0 bridgehead atoms. The summed E-state index contributed by atoms with van der Waals surface area (Å²) in [6.07, 6.45) is 1.60. The molecule has 0 aromatic heterocycles. The molecule has 13 heavy (non-hydrogen) atoms. The number of hydrogen-bond acceptors (Lipinski definition) is 4. The molecule has 0 atom stereocenters. The van der Waals surface area contributed by atoms with Crippen LogP contribution in [0.15, 0.2) is 0 Å². The first-order valence-electron chi connectivity index (χ1n) is 4.20. The summed E-state index contributed by atoms with van der Waals surface area (Å²) in [5.41, 5.74) is 0. The van der Waals surface area contributed by atoms with Crippen molar-refractivity contribution in [2.75, 3.05) is 25.6 Å². The van der Waals surface area contributed by atoms with Gasteiger partial charge in [-0.1, -0.05) is 0 Å². The number of aliphatic hydroxyl groups excluding tert-OH is 1. The molecule has 2 N–H and O–H groups in total. The highest BCUT2D eigenvalue weighted by Crippen LogP contribution is 1.95. The largest absolute Gasteiger partial charge is 0.396 e. The second-order valence-corrected chi connectivity index (χ2v) is 4.25. The van der Waals surface area contributed by atoms with Crippen LogP contribution >= 0.6 is 0 Å². The van der Waals surface area contributed by atoms with Crippen LogP contribution in [0.4, 0.5) is 0 Å². The Bertz CT molecular complexity index is 199. The molecule has 0 amide bonds. The van der Waals surface area contributed by atoms with Crippen molar-refractivity contribution < 1.29 is 22.8 Å². The van der Waals surface area contributed by atoms with Crippen LogP contribution in [-0.4, -0.2) is 43.7 Å². The second kappa shape index (κ2) is 7.25. The standard InChI is InChI=1S/C7H16O5S/c8-4-3-6-12-5-1-2-7-13(9,10)11/h8H,1-7H2,(H,9,10,11). The average Bonchev–Trinajstić information content (AvgIpc) is 2.01. The smallest absolute Gasteiger partial charge is 0.264 e. The molecule has 0 aromatic carbocycles. The van der Waals surface area contributed by atoms with E-state index in [-0.39, 0.29) is 12.4 Å². The molecule has 0 aliphatic carbocycles. The van der Waals surface area contributed by atoms with E-state index in [0.29, 0.717) is 32.5 Å². The fourth-order valence-corrected chi connectivity index (χ4v) is 1.33. The summed E-state index contributed by atoms with van der Waals surface area (Å²) in [7, 11) is -3.82. The van der Waals surface area contributed by atoms with Crippen molar-refractivity contribution in [2.24, 2.45) is 0 Å². The van der Waals surface area contributed by atoms with Gasteiger partial charge in [0.05, 0.1) is 5.75 Å². The topological polar surface area (TPSA) is 83.8 Å². The zero-order valence-corrected chi connectivity index (χ0v) is 8.29. The van der Waals surface area contributed by atoms with E-state index >= 15 is 0 Å². The fraction of sp³-hybridized carbons (Fsp3) is 1.00. The first-order chi connectivity index (χ1) is 6.06. The summed E-state index contributed by atoms with van der Waals surface area (Å²) in [5, 5.41) is 8.38. The number of hydrogen-bond donors (Lipinski definition) is 2. The van der Waals surface area contributed by atoms with Gasteiger partial charge in [-0.2, -0.15) is 8.42 Å². The van der Waals surface area contributed by atoms with Crippen molar-refractivity contribution >= 4 is 10.1 Å². The van der Waals surface area contributed by atoms with Crippen molar-refractivity contribution in [3.8, 4) is 0 Å². The molecule has 0 spiro atoms. The normalized spacial score (nSPS) is 11.8. The number of rotatable bonds is 8. The summed E-state index contributed by atoms with van der Waals surface area (Å²) >= 11 is 0. The van der Waals surface area contributed by atoms with Crippen LogP contribution in [0.3, 0.4) is 0 Å². The molecule has 0 radical (unpaired) electrons. The van der Waals surface area contributed by atoms with Crippen molar-refractivity contribution in [1.82, 2.24) is 0 Å². The van der Waals surface area contributed by atoms with Crippen molar-refractivity contribution in [1.29, 1.82) is 0 Å². The molecule has 0 saturated carbocycles. The summed E-state index contributed by atoms with van der Waals surface area (Å²) in [6, 6.07) is 0. The highest BCUT2D eigenvalue weighted by Gasteiger charge is 2.02. The lowest BCUT2D eigenvalue weighted by molar-refractivity contribution is 0.114. The second-order valence-electron chi connectivity index (χ2n) is 2.68. The molecule has 0 rings (SSSR count). The molecule has 0 saturated heterocycles. The Kier molecular flexibility index (Phi) is 7.16. The Morgan fingerprint density at radius 3 is 2.23 bits per heavy atom. The van der Waals surface area contributed by atoms with E-state index < -0.39 is 10.1 Å². The lowest BCUT2D eigenvalue weighted by Crippen LogP contribution is -2.05. The number of unbranched alkanes of at least 4 members (excludes halogenated alkanes) is 1. The van der Waals surface area contributed by atoms with Gasteiger partial charge in [-0.15, -0.1) is 0 Å². The van der Waals surface area contributed by atoms with E-state index in [0.717, 1.165) is 0 Å². The monoisotopic (exact) mass is 212 g/mol. The van der Waals surface area contributed by atoms with Crippen LogP contribution in [0.2, 0.25) is 0 Å². The third kappa shape index (κ3) is 11.8. The van der Waals surface area contributed by atoms with Gasteiger partial charge in [0.15, 0.2) is 0 Å². The Hall–Kier alpha value is -0.170. The van der Waals surface area contributed by atoms with E-state index in [9.17, 15) is 8.42 Å². The Labute approximate surface area is 78.5 Å². The number of aliphatic hydroxyl groups is 1. The minimum absolute atomic E-state index is 0.102. The minimum atomic E-state index is -3.82. The fourth-order valence-electron chi connectivity index (χ4n) is 0.757. The first-order valence-corrected chi connectivity index (χ1v) is 5.81. The first kappa shape index (κ1) is 12.8. The summed E-state index contributed by atoms with van der Waals surface area (Å²) in [5.74, 6) is -0.212. The van der Waals surface area contributed by atoms with E-state index in [1.54, 1.807) is 0 Å². The molecule has 0 fully saturated rings. The lowest BCUT2D eigenvalue weighted by Gasteiger charge is -2.01. The SMILES string of the molecule is O=S(=O)(O)CCCCOCCCO. The third-order valence-electron chi connectivity index (χ3n) is 1.39. The van der Waals surface area contributed by atoms with Gasteiger partial charge < -0.3 is 9.84 Å². The maximum Gasteiger partial charge on any atom is 0.264 e. The van der Waals surface area contributed by atoms with Gasteiger partial charge in [0, 0.05) is 19.8 Å². The predicted octanol–water partition coefficient (Wildman–Crippen LogP) is 0.0534. The Morgan fingerprint density at radius 1 is 1.08 bits per heavy atom. The van der Waals surface area contributed by atoms with Crippen molar-refractivity contribution in [3.63, 3.8) is 0 Å². The van der Waals surface area contributed by atoms with Gasteiger partial charge in [-0.25, -0.2) is 0 Å².